The normalized spacial score (nSPS) is 20.6. The van der Waals surface area contributed by atoms with E-state index in [1.807, 2.05) is 18.1 Å². The third-order valence-corrected chi connectivity index (χ3v) is 4.69. The van der Waals surface area contributed by atoms with Crippen molar-refractivity contribution in [3.8, 4) is 0 Å². The van der Waals surface area contributed by atoms with Gasteiger partial charge in [-0.1, -0.05) is 0 Å². The summed E-state index contributed by atoms with van der Waals surface area (Å²) < 4.78 is 0. The molecule has 0 saturated heterocycles. The molecule has 1 aromatic rings. The summed E-state index contributed by atoms with van der Waals surface area (Å²) in [7, 11) is 1.89. The lowest BCUT2D eigenvalue weighted by Crippen LogP contribution is -2.41. The van der Waals surface area contributed by atoms with E-state index >= 15 is 0 Å². The summed E-state index contributed by atoms with van der Waals surface area (Å²) in [6.45, 7) is 2.06. The second kappa shape index (κ2) is 4.53. The van der Waals surface area contributed by atoms with E-state index in [2.05, 4.69) is 17.2 Å². The van der Waals surface area contributed by atoms with Crippen molar-refractivity contribution in [1.29, 1.82) is 0 Å². The standard InChI is InChI=1S/C13H19N3OS/c1-8-7-14-12(18-8)11(9-3-4-9)15-13(17)16(2)10-5-6-10/h7,9-11H,3-6H2,1-2H3,(H,15,17)/t11-/m1/s1. The molecule has 1 N–H and O–H groups in total. The highest BCUT2D eigenvalue weighted by atomic mass is 32.1. The van der Waals surface area contributed by atoms with Crippen molar-refractivity contribution in [2.45, 2.75) is 44.7 Å². The van der Waals surface area contributed by atoms with Gasteiger partial charge in [0.05, 0.1) is 6.04 Å². The van der Waals surface area contributed by atoms with Crippen LogP contribution in [0.2, 0.25) is 0 Å². The van der Waals surface area contributed by atoms with Gasteiger partial charge in [-0.2, -0.15) is 0 Å². The van der Waals surface area contributed by atoms with Gasteiger partial charge in [-0.3, -0.25) is 0 Å². The minimum Gasteiger partial charge on any atom is -0.328 e. The lowest BCUT2D eigenvalue weighted by Gasteiger charge is -2.22. The second-order valence-corrected chi connectivity index (χ2v) is 6.68. The van der Waals surface area contributed by atoms with Crippen molar-refractivity contribution >= 4 is 17.4 Å². The van der Waals surface area contributed by atoms with Crippen LogP contribution in [0, 0.1) is 12.8 Å². The molecule has 2 fully saturated rings. The van der Waals surface area contributed by atoms with Crippen LogP contribution in [0.4, 0.5) is 4.79 Å². The molecule has 0 unspecified atom stereocenters. The van der Waals surface area contributed by atoms with Crippen LogP contribution in [-0.4, -0.2) is 29.0 Å². The summed E-state index contributed by atoms with van der Waals surface area (Å²) in [5.74, 6) is 0.590. The molecule has 5 heteroatoms. The molecule has 2 aliphatic rings. The Balaban J connectivity index is 1.68. The zero-order chi connectivity index (χ0) is 12.7. The quantitative estimate of drug-likeness (QED) is 0.909. The molecule has 2 aliphatic carbocycles. The van der Waals surface area contributed by atoms with Crippen molar-refractivity contribution in [1.82, 2.24) is 15.2 Å². The Morgan fingerprint density at radius 2 is 2.22 bits per heavy atom. The number of hydrogen-bond donors (Lipinski definition) is 1. The molecule has 1 atom stereocenters. The molecule has 0 bridgehead atoms. The van der Waals surface area contributed by atoms with Gasteiger partial charge >= 0.3 is 6.03 Å². The monoisotopic (exact) mass is 265 g/mol. The average molecular weight is 265 g/mol. The Bertz CT molecular complexity index is 451. The van der Waals surface area contributed by atoms with Gasteiger partial charge in [-0.15, -0.1) is 11.3 Å². The molecule has 2 saturated carbocycles. The Morgan fingerprint density at radius 3 is 2.72 bits per heavy atom. The van der Waals surface area contributed by atoms with Crippen molar-refractivity contribution in [2.24, 2.45) is 5.92 Å². The van der Waals surface area contributed by atoms with Crippen LogP contribution in [-0.2, 0) is 0 Å². The van der Waals surface area contributed by atoms with Crippen LogP contribution in [0.5, 0.6) is 0 Å². The zero-order valence-corrected chi connectivity index (χ0v) is 11.7. The largest absolute Gasteiger partial charge is 0.328 e. The van der Waals surface area contributed by atoms with Gasteiger partial charge in [0.25, 0.3) is 0 Å². The Hall–Kier alpha value is -1.10. The number of urea groups is 1. The number of nitrogens with one attached hydrogen (secondary N) is 1. The van der Waals surface area contributed by atoms with Gasteiger partial charge in [0.15, 0.2) is 0 Å². The Kier molecular flexibility index (Phi) is 3.01. The number of hydrogen-bond acceptors (Lipinski definition) is 3. The molecule has 0 radical (unpaired) electrons. The molecule has 3 rings (SSSR count). The Labute approximate surface area is 111 Å². The molecule has 0 aromatic carbocycles. The van der Waals surface area contributed by atoms with E-state index in [1.54, 1.807) is 11.3 Å². The van der Waals surface area contributed by atoms with E-state index in [0.29, 0.717) is 12.0 Å². The van der Waals surface area contributed by atoms with Crippen molar-refractivity contribution in [3.05, 3.63) is 16.1 Å². The SMILES string of the molecule is Cc1cnc([C@H](NC(=O)N(C)C2CC2)C2CC2)s1. The highest BCUT2D eigenvalue weighted by Crippen LogP contribution is 2.42. The predicted octanol–water partition coefficient (Wildman–Crippen LogP) is 2.71. The topological polar surface area (TPSA) is 45.2 Å². The highest BCUT2D eigenvalue weighted by Gasteiger charge is 2.37. The molecule has 2 amide bonds. The minimum absolute atomic E-state index is 0.0576. The predicted molar refractivity (Wildman–Crippen MR) is 71.6 cm³/mol. The highest BCUT2D eigenvalue weighted by molar-refractivity contribution is 7.11. The molecular formula is C13H19N3OS. The maximum absolute atomic E-state index is 12.1. The van der Waals surface area contributed by atoms with E-state index in [-0.39, 0.29) is 12.1 Å². The molecule has 1 aromatic heterocycles. The maximum Gasteiger partial charge on any atom is 0.317 e. The molecule has 98 valence electrons. The lowest BCUT2D eigenvalue weighted by atomic mass is 10.2. The smallest absolute Gasteiger partial charge is 0.317 e. The summed E-state index contributed by atoms with van der Waals surface area (Å²) in [4.78, 5) is 19.6. The second-order valence-electron chi connectivity index (χ2n) is 5.42. The van der Waals surface area contributed by atoms with E-state index in [9.17, 15) is 4.79 Å². The first-order chi connectivity index (χ1) is 8.65. The van der Waals surface area contributed by atoms with Crippen molar-refractivity contribution < 1.29 is 4.79 Å². The van der Waals surface area contributed by atoms with E-state index in [1.165, 1.54) is 17.7 Å². The Morgan fingerprint density at radius 1 is 1.50 bits per heavy atom. The number of carbonyl (C=O) groups excluding carboxylic acids is 1. The van der Waals surface area contributed by atoms with Gasteiger partial charge in [0, 0.05) is 24.2 Å². The number of aromatic nitrogens is 1. The molecular weight excluding hydrogens is 246 g/mol. The zero-order valence-electron chi connectivity index (χ0n) is 10.8. The third-order valence-electron chi connectivity index (χ3n) is 3.69. The minimum atomic E-state index is 0.0576. The first kappa shape index (κ1) is 12.0. The molecule has 0 aliphatic heterocycles. The fourth-order valence-corrected chi connectivity index (χ4v) is 3.11. The number of nitrogens with zero attached hydrogens (tertiary/aromatic N) is 2. The molecule has 1 heterocycles. The van der Waals surface area contributed by atoms with Gasteiger partial charge in [0.1, 0.15) is 5.01 Å². The van der Waals surface area contributed by atoms with Gasteiger partial charge in [0.2, 0.25) is 0 Å². The van der Waals surface area contributed by atoms with Crippen molar-refractivity contribution in [3.63, 3.8) is 0 Å². The van der Waals surface area contributed by atoms with Crippen molar-refractivity contribution in [2.75, 3.05) is 7.05 Å². The third kappa shape index (κ3) is 2.51. The lowest BCUT2D eigenvalue weighted by molar-refractivity contribution is 0.201. The molecule has 0 spiro atoms. The maximum atomic E-state index is 12.1. The fraction of sp³-hybridized carbons (Fsp3) is 0.692. The number of thiazole rings is 1. The summed E-state index contributed by atoms with van der Waals surface area (Å²) in [5.41, 5.74) is 0. The van der Waals surface area contributed by atoms with E-state index in [4.69, 9.17) is 0 Å². The van der Waals surface area contributed by atoms with Gasteiger partial charge < -0.3 is 10.2 Å². The molecule has 18 heavy (non-hydrogen) atoms. The summed E-state index contributed by atoms with van der Waals surface area (Å²) in [6, 6.07) is 0.641. The number of aryl methyl sites for hydroxylation is 1. The van der Waals surface area contributed by atoms with Crippen LogP contribution in [0.3, 0.4) is 0 Å². The van der Waals surface area contributed by atoms with Crippen LogP contribution >= 0.6 is 11.3 Å². The summed E-state index contributed by atoms with van der Waals surface area (Å²) in [5, 5.41) is 4.23. The summed E-state index contributed by atoms with van der Waals surface area (Å²) in [6.07, 6.45) is 6.60. The fourth-order valence-electron chi connectivity index (χ4n) is 2.19. The summed E-state index contributed by atoms with van der Waals surface area (Å²) >= 11 is 1.70. The van der Waals surface area contributed by atoms with Crippen LogP contribution < -0.4 is 5.32 Å². The van der Waals surface area contributed by atoms with Crippen LogP contribution in [0.1, 0.15) is 41.6 Å². The molecule has 4 nitrogen and oxygen atoms in total. The first-order valence-electron chi connectivity index (χ1n) is 6.61. The van der Waals surface area contributed by atoms with Crippen LogP contribution in [0.25, 0.3) is 0 Å². The van der Waals surface area contributed by atoms with E-state index < -0.39 is 0 Å². The number of carbonyl (C=O) groups is 1. The van der Waals surface area contributed by atoms with Gasteiger partial charge in [-0.05, 0) is 38.5 Å². The first-order valence-corrected chi connectivity index (χ1v) is 7.42. The van der Waals surface area contributed by atoms with E-state index in [0.717, 1.165) is 17.8 Å². The number of amides is 2. The van der Waals surface area contributed by atoms with Gasteiger partial charge in [-0.25, -0.2) is 9.78 Å². The average Bonchev–Trinajstić information content (AvgIpc) is 3.24. The number of rotatable bonds is 4. The van der Waals surface area contributed by atoms with Crippen LogP contribution in [0.15, 0.2) is 6.20 Å².